The van der Waals surface area contributed by atoms with Crippen LogP contribution in [-0.2, 0) is 5.41 Å². The third kappa shape index (κ3) is 2.77. The van der Waals surface area contributed by atoms with Crippen LogP contribution in [0.4, 0.5) is 37.7 Å². The Morgan fingerprint density at radius 2 is 0.960 bits per heavy atom. The third-order valence-electron chi connectivity index (χ3n) is 3.73. The molecular weight excluding hydrogens is 354 g/mol. The van der Waals surface area contributed by atoms with Gasteiger partial charge in [0.1, 0.15) is 11.5 Å². The Balaban J connectivity index is 3.02. The highest BCUT2D eigenvalue weighted by molar-refractivity contribution is 5.65. The molecule has 10 heteroatoms. The number of anilines is 2. The number of rotatable bonds is 2. The van der Waals surface area contributed by atoms with E-state index in [-0.39, 0.29) is 0 Å². The third-order valence-corrected chi connectivity index (χ3v) is 3.73. The van der Waals surface area contributed by atoms with Gasteiger partial charge in [-0.05, 0) is 12.1 Å². The van der Waals surface area contributed by atoms with E-state index in [4.69, 9.17) is 11.5 Å². The van der Waals surface area contributed by atoms with Crippen molar-refractivity contribution < 1.29 is 36.6 Å². The van der Waals surface area contributed by atoms with Gasteiger partial charge in [0.05, 0.1) is 0 Å². The summed E-state index contributed by atoms with van der Waals surface area (Å²) in [5, 5.41) is 18.5. The second-order valence-corrected chi connectivity index (χ2v) is 5.29. The Kier molecular flexibility index (Phi) is 4.19. The molecular formula is C15H12F6N2O2. The summed E-state index contributed by atoms with van der Waals surface area (Å²) >= 11 is 0. The van der Waals surface area contributed by atoms with Gasteiger partial charge in [-0.25, -0.2) is 0 Å². The maximum absolute atomic E-state index is 13.8. The maximum Gasteiger partial charge on any atom is 0.411 e. The number of nitrogen functional groups attached to an aromatic ring is 2. The van der Waals surface area contributed by atoms with Crippen LogP contribution < -0.4 is 11.5 Å². The molecule has 136 valence electrons. The van der Waals surface area contributed by atoms with Crippen molar-refractivity contribution in [2.45, 2.75) is 17.8 Å². The first kappa shape index (κ1) is 18.6. The molecule has 0 heterocycles. The van der Waals surface area contributed by atoms with Crippen LogP contribution >= 0.6 is 0 Å². The number of benzene rings is 2. The lowest BCUT2D eigenvalue weighted by molar-refractivity contribution is -0.288. The minimum atomic E-state index is -5.87. The van der Waals surface area contributed by atoms with Gasteiger partial charge in [-0.15, -0.1) is 0 Å². The predicted molar refractivity (Wildman–Crippen MR) is 77.9 cm³/mol. The van der Waals surface area contributed by atoms with Crippen LogP contribution in [0, 0.1) is 0 Å². The van der Waals surface area contributed by atoms with Crippen LogP contribution in [0.15, 0.2) is 36.4 Å². The first-order valence-electron chi connectivity index (χ1n) is 6.63. The van der Waals surface area contributed by atoms with Gasteiger partial charge in [-0.1, -0.05) is 12.1 Å². The van der Waals surface area contributed by atoms with Crippen molar-refractivity contribution in [2.24, 2.45) is 0 Å². The molecule has 0 aromatic heterocycles. The molecule has 0 atom stereocenters. The minimum absolute atomic E-state index is 0.442. The number of phenolic OH excluding ortho intramolecular Hbond substituents is 2. The number of alkyl halides is 6. The smallest absolute Gasteiger partial charge is 0.411 e. The lowest BCUT2D eigenvalue weighted by Gasteiger charge is -2.39. The molecule has 0 radical (unpaired) electrons. The fourth-order valence-corrected chi connectivity index (χ4v) is 2.70. The summed E-state index contributed by atoms with van der Waals surface area (Å²) in [5.41, 5.74) is 1.70. The van der Waals surface area contributed by atoms with Gasteiger partial charge in [-0.2, -0.15) is 26.3 Å². The van der Waals surface area contributed by atoms with Crippen LogP contribution in [0.2, 0.25) is 0 Å². The summed E-state index contributed by atoms with van der Waals surface area (Å²) < 4.78 is 83.1. The lowest BCUT2D eigenvalue weighted by atomic mass is 9.71. The molecule has 0 bridgehead atoms. The Hall–Kier alpha value is -2.78. The molecule has 0 unspecified atom stereocenters. The zero-order chi connectivity index (χ0) is 19.2. The standard InChI is InChI=1S/C15H12F6N2O2/c16-14(17,18)13(15(19,20)21,9-3-1-7(24)5-11(9)22)10-4-2-8(25)6-12(10)23/h1-6,24-25H,22-23H2. The van der Waals surface area contributed by atoms with E-state index in [1.807, 2.05) is 0 Å². The molecule has 0 saturated heterocycles. The van der Waals surface area contributed by atoms with Crippen LogP contribution in [-0.4, -0.2) is 22.6 Å². The predicted octanol–water partition coefficient (Wildman–Crippen LogP) is 3.67. The Morgan fingerprint density at radius 1 is 0.640 bits per heavy atom. The van der Waals surface area contributed by atoms with Crippen LogP contribution in [0.5, 0.6) is 11.5 Å². The molecule has 0 spiro atoms. The molecule has 4 nitrogen and oxygen atoms in total. The van der Waals surface area contributed by atoms with Crippen molar-refractivity contribution in [2.75, 3.05) is 11.5 Å². The zero-order valence-electron chi connectivity index (χ0n) is 12.3. The molecule has 6 N–H and O–H groups in total. The summed E-state index contributed by atoms with van der Waals surface area (Å²) in [5.74, 6) is -1.20. The molecule has 0 amide bonds. The summed E-state index contributed by atoms with van der Waals surface area (Å²) in [7, 11) is 0. The SMILES string of the molecule is Nc1cc(O)ccc1C(c1ccc(O)cc1N)(C(F)(F)F)C(F)(F)F. The highest BCUT2D eigenvalue weighted by atomic mass is 19.4. The first-order valence-corrected chi connectivity index (χ1v) is 6.63. The number of hydrogen-bond acceptors (Lipinski definition) is 4. The number of halogens is 6. The molecule has 0 aliphatic heterocycles. The van der Waals surface area contributed by atoms with Gasteiger partial charge in [0.15, 0.2) is 0 Å². The number of nitrogens with two attached hydrogens (primary N) is 2. The number of hydrogen-bond donors (Lipinski definition) is 4. The van der Waals surface area contributed by atoms with E-state index in [1.54, 1.807) is 0 Å². The van der Waals surface area contributed by atoms with E-state index in [9.17, 15) is 36.6 Å². The van der Waals surface area contributed by atoms with Crippen molar-refractivity contribution in [1.29, 1.82) is 0 Å². The number of phenols is 2. The van der Waals surface area contributed by atoms with Gasteiger partial charge in [0, 0.05) is 34.6 Å². The van der Waals surface area contributed by atoms with Gasteiger partial charge in [0.2, 0.25) is 5.41 Å². The second-order valence-electron chi connectivity index (χ2n) is 5.29. The Labute approximate surface area is 137 Å². The molecule has 0 aliphatic carbocycles. The van der Waals surface area contributed by atoms with E-state index in [1.165, 1.54) is 0 Å². The van der Waals surface area contributed by atoms with Crippen LogP contribution in [0.1, 0.15) is 11.1 Å². The molecule has 2 aromatic carbocycles. The normalized spacial score (nSPS) is 13.0. The van der Waals surface area contributed by atoms with Gasteiger partial charge in [0.25, 0.3) is 0 Å². The van der Waals surface area contributed by atoms with Gasteiger partial charge in [-0.3, -0.25) is 0 Å². The van der Waals surface area contributed by atoms with E-state index < -0.39 is 51.8 Å². The van der Waals surface area contributed by atoms with Gasteiger partial charge >= 0.3 is 12.4 Å². The summed E-state index contributed by atoms with van der Waals surface area (Å²) in [6, 6.07) is 3.37. The van der Waals surface area contributed by atoms with Crippen molar-refractivity contribution in [3.8, 4) is 11.5 Å². The summed E-state index contributed by atoms with van der Waals surface area (Å²) in [4.78, 5) is 0. The van der Waals surface area contributed by atoms with E-state index in [2.05, 4.69) is 0 Å². The lowest BCUT2D eigenvalue weighted by Crippen LogP contribution is -2.55. The first-order chi connectivity index (χ1) is 11.3. The Bertz CT molecular complexity index is 734. The second kappa shape index (κ2) is 5.64. The van der Waals surface area contributed by atoms with Crippen LogP contribution in [0.3, 0.4) is 0 Å². The largest absolute Gasteiger partial charge is 0.508 e. The molecule has 0 saturated carbocycles. The zero-order valence-corrected chi connectivity index (χ0v) is 12.3. The monoisotopic (exact) mass is 366 g/mol. The van der Waals surface area contributed by atoms with Crippen molar-refractivity contribution in [3.63, 3.8) is 0 Å². The van der Waals surface area contributed by atoms with Crippen molar-refractivity contribution in [3.05, 3.63) is 47.5 Å². The molecule has 2 rings (SSSR count). The minimum Gasteiger partial charge on any atom is -0.508 e. The van der Waals surface area contributed by atoms with E-state index in [0.717, 1.165) is 0 Å². The van der Waals surface area contributed by atoms with Crippen LogP contribution in [0.25, 0.3) is 0 Å². The fourth-order valence-electron chi connectivity index (χ4n) is 2.70. The molecule has 0 aliphatic rings. The average Bonchev–Trinajstić information content (AvgIpc) is 2.40. The van der Waals surface area contributed by atoms with Gasteiger partial charge < -0.3 is 21.7 Å². The topological polar surface area (TPSA) is 92.5 Å². The van der Waals surface area contributed by atoms with Crippen molar-refractivity contribution >= 4 is 11.4 Å². The molecule has 2 aromatic rings. The quantitative estimate of drug-likeness (QED) is 0.482. The maximum atomic E-state index is 13.8. The summed E-state index contributed by atoms with van der Waals surface area (Å²) in [6.07, 6.45) is -11.7. The van der Waals surface area contributed by atoms with E-state index in [0.29, 0.717) is 36.4 Å². The fraction of sp³-hybridized carbons (Fsp3) is 0.200. The van der Waals surface area contributed by atoms with Crippen molar-refractivity contribution in [1.82, 2.24) is 0 Å². The molecule has 25 heavy (non-hydrogen) atoms. The highest BCUT2D eigenvalue weighted by Crippen LogP contribution is 2.58. The number of aromatic hydroxyl groups is 2. The van der Waals surface area contributed by atoms with E-state index >= 15 is 0 Å². The summed E-state index contributed by atoms with van der Waals surface area (Å²) in [6.45, 7) is 0. The average molecular weight is 366 g/mol. The highest BCUT2D eigenvalue weighted by Gasteiger charge is 2.73. The molecule has 0 fully saturated rings. The Morgan fingerprint density at radius 3 is 1.20 bits per heavy atom.